The maximum atomic E-state index is 12.6. The lowest BCUT2D eigenvalue weighted by Crippen LogP contribution is -2.45. The summed E-state index contributed by atoms with van der Waals surface area (Å²) in [7, 11) is 1.60. The van der Waals surface area contributed by atoms with Crippen molar-refractivity contribution in [1.82, 2.24) is 10.2 Å². The fourth-order valence-corrected chi connectivity index (χ4v) is 3.86. The van der Waals surface area contributed by atoms with Gasteiger partial charge in [-0.1, -0.05) is 42.5 Å². The summed E-state index contributed by atoms with van der Waals surface area (Å²) in [6, 6.07) is 21.1. The van der Waals surface area contributed by atoms with Gasteiger partial charge in [0, 0.05) is 32.4 Å². The van der Waals surface area contributed by atoms with Crippen molar-refractivity contribution in [3.63, 3.8) is 0 Å². The van der Waals surface area contributed by atoms with E-state index in [0.717, 1.165) is 25.3 Å². The molecule has 6 heteroatoms. The minimum absolute atomic E-state index is 0.146. The number of para-hydroxylation sites is 1. The number of hydrogen-bond donors (Lipinski definition) is 1. The smallest absolute Gasteiger partial charge is 0.316 e. The van der Waals surface area contributed by atoms with Gasteiger partial charge in [-0.2, -0.15) is 0 Å². The first-order valence-corrected chi connectivity index (χ1v) is 10.1. The first-order chi connectivity index (χ1) is 14.6. The monoisotopic (exact) mass is 403 g/mol. The number of fused-ring (bicyclic) bond motifs is 1. The molecule has 4 rings (SSSR count). The minimum Gasteiger partial charge on any atom is -0.468 e. The van der Waals surface area contributed by atoms with Crippen molar-refractivity contribution >= 4 is 17.5 Å². The summed E-state index contributed by atoms with van der Waals surface area (Å²) in [4.78, 5) is 28.8. The number of hydrogen-bond acceptors (Lipinski definition) is 4. The number of carbonyl (C=O) groups is 2. The molecule has 3 aromatic rings. The van der Waals surface area contributed by atoms with Crippen LogP contribution in [0.15, 0.2) is 77.4 Å². The van der Waals surface area contributed by atoms with Crippen molar-refractivity contribution < 1.29 is 14.0 Å². The average Bonchev–Trinajstić information content (AvgIpc) is 3.33. The highest BCUT2D eigenvalue weighted by Crippen LogP contribution is 2.28. The molecule has 0 saturated carbocycles. The second kappa shape index (κ2) is 8.97. The Morgan fingerprint density at radius 2 is 1.77 bits per heavy atom. The van der Waals surface area contributed by atoms with E-state index in [2.05, 4.69) is 28.4 Å². The zero-order valence-electron chi connectivity index (χ0n) is 17.0. The molecular weight excluding hydrogens is 378 g/mol. The summed E-state index contributed by atoms with van der Waals surface area (Å²) >= 11 is 0. The first kappa shape index (κ1) is 19.9. The Hall–Kier alpha value is -3.38. The summed E-state index contributed by atoms with van der Waals surface area (Å²) in [5.41, 5.74) is 3.31. The second-order valence-electron chi connectivity index (χ2n) is 7.43. The van der Waals surface area contributed by atoms with Crippen LogP contribution in [0, 0.1) is 0 Å². The quantitative estimate of drug-likeness (QED) is 0.665. The fourth-order valence-electron chi connectivity index (χ4n) is 3.86. The Bertz CT molecular complexity index is 1000. The molecule has 1 N–H and O–H groups in total. The van der Waals surface area contributed by atoms with Crippen molar-refractivity contribution in [2.24, 2.45) is 0 Å². The van der Waals surface area contributed by atoms with Crippen LogP contribution in [-0.2, 0) is 22.6 Å². The topological polar surface area (TPSA) is 65.8 Å². The molecule has 1 aliphatic heterocycles. The largest absolute Gasteiger partial charge is 0.468 e. The summed E-state index contributed by atoms with van der Waals surface area (Å²) in [6.07, 6.45) is 2.58. The maximum Gasteiger partial charge on any atom is 0.316 e. The van der Waals surface area contributed by atoms with Crippen molar-refractivity contribution in [3.8, 4) is 0 Å². The van der Waals surface area contributed by atoms with Gasteiger partial charge < -0.3 is 14.6 Å². The second-order valence-corrected chi connectivity index (χ2v) is 7.43. The summed E-state index contributed by atoms with van der Waals surface area (Å²) in [5, 5.41) is 2.81. The van der Waals surface area contributed by atoms with Crippen molar-refractivity contribution in [1.29, 1.82) is 0 Å². The van der Waals surface area contributed by atoms with Gasteiger partial charge in [-0.3, -0.25) is 14.5 Å². The van der Waals surface area contributed by atoms with Crippen LogP contribution < -0.4 is 10.2 Å². The van der Waals surface area contributed by atoms with Crippen LogP contribution in [0.2, 0.25) is 0 Å². The van der Waals surface area contributed by atoms with Crippen molar-refractivity contribution in [2.75, 3.05) is 25.0 Å². The van der Waals surface area contributed by atoms with Gasteiger partial charge in [0.25, 0.3) is 0 Å². The highest BCUT2D eigenvalue weighted by Gasteiger charge is 2.28. The van der Waals surface area contributed by atoms with E-state index in [1.165, 1.54) is 16.0 Å². The van der Waals surface area contributed by atoms with E-state index in [1.54, 1.807) is 25.4 Å². The van der Waals surface area contributed by atoms with Crippen LogP contribution in [0.4, 0.5) is 5.69 Å². The third-order valence-electron chi connectivity index (χ3n) is 5.57. The zero-order valence-corrected chi connectivity index (χ0v) is 17.0. The normalized spacial score (nSPS) is 14.6. The number of amides is 2. The standard InChI is InChI=1S/C24H25N3O3/c1-26(20-10-3-2-4-11-20)24(29)23(28)25-16-21(22-12-7-15-30-22)27-14-13-18-8-5-6-9-19(18)17-27/h2-12,15,21H,13-14,16-17H2,1H3,(H,25,28)/t21-/m0/s1. The van der Waals surface area contributed by atoms with Crippen LogP contribution in [0.3, 0.4) is 0 Å². The molecular formula is C24H25N3O3. The Morgan fingerprint density at radius 3 is 2.50 bits per heavy atom. The molecule has 154 valence electrons. The van der Waals surface area contributed by atoms with E-state index in [0.29, 0.717) is 12.2 Å². The molecule has 0 aliphatic carbocycles. The lowest BCUT2D eigenvalue weighted by molar-refractivity contribution is -0.137. The van der Waals surface area contributed by atoms with Gasteiger partial charge in [0.15, 0.2) is 0 Å². The van der Waals surface area contributed by atoms with E-state index in [1.807, 2.05) is 36.4 Å². The SMILES string of the molecule is CN(C(=O)C(=O)NC[C@@H](c1ccco1)N1CCc2ccccc2C1)c1ccccc1. The van der Waals surface area contributed by atoms with Gasteiger partial charge in [-0.15, -0.1) is 0 Å². The van der Waals surface area contributed by atoms with Crippen LogP contribution >= 0.6 is 0 Å². The molecule has 30 heavy (non-hydrogen) atoms. The van der Waals surface area contributed by atoms with Crippen LogP contribution in [-0.4, -0.2) is 36.9 Å². The third-order valence-corrected chi connectivity index (χ3v) is 5.57. The highest BCUT2D eigenvalue weighted by atomic mass is 16.3. The Labute approximate surface area is 176 Å². The summed E-state index contributed by atoms with van der Waals surface area (Å²) in [5.74, 6) is -0.447. The van der Waals surface area contributed by atoms with Gasteiger partial charge in [0.05, 0.1) is 12.3 Å². The minimum atomic E-state index is -0.629. The molecule has 0 spiro atoms. The molecule has 6 nitrogen and oxygen atoms in total. The molecule has 2 amide bonds. The number of benzene rings is 2. The van der Waals surface area contributed by atoms with Gasteiger partial charge in [-0.25, -0.2) is 0 Å². The van der Waals surface area contributed by atoms with Crippen molar-refractivity contribution in [2.45, 2.75) is 19.0 Å². The Morgan fingerprint density at radius 1 is 1.03 bits per heavy atom. The number of carbonyl (C=O) groups excluding carboxylic acids is 2. The van der Waals surface area contributed by atoms with E-state index in [9.17, 15) is 9.59 Å². The average molecular weight is 403 g/mol. The van der Waals surface area contributed by atoms with E-state index in [-0.39, 0.29) is 6.04 Å². The number of furan rings is 1. The number of nitrogens with zero attached hydrogens (tertiary/aromatic N) is 2. The Kier molecular flexibility index (Phi) is 5.95. The molecule has 2 heterocycles. The molecule has 0 saturated heterocycles. The molecule has 0 bridgehead atoms. The van der Waals surface area contributed by atoms with Gasteiger partial charge in [0.1, 0.15) is 5.76 Å². The number of likely N-dealkylation sites (N-methyl/N-ethyl adjacent to an activating group) is 1. The zero-order chi connectivity index (χ0) is 20.9. The van der Waals surface area contributed by atoms with Crippen LogP contribution in [0.1, 0.15) is 22.9 Å². The predicted octanol–water partition coefficient (Wildman–Crippen LogP) is 3.16. The number of rotatable bonds is 5. The lowest BCUT2D eigenvalue weighted by Gasteiger charge is -2.34. The molecule has 2 aromatic carbocycles. The molecule has 1 aromatic heterocycles. The molecule has 0 fully saturated rings. The maximum absolute atomic E-state index is 12.6. The van der Waals surface area contributed by atoms with E-state index < -0.39 is 11.8 Å². The summed E-state index contributed by atoms with van der Waals surface area (Å²) in [6.45, 7) is 1.92. The molecule has 0 unspecified atom stereocenters. The fraction of sp³-hybridized carbons (Fsp3) is 0.250. The molecule has 1 aliphatic rings. The Balaban J connectivity index is 1.44. The summed E-state index contributed by atoms with van der Waals surface area (Å²) < 4.78 is 5.66. The predicted molar refractivity (Wildman–Crippen MR) is 115 cm³/mol. The van der Waals surface area contributed by atoms with E-state index >= 15 is 0 Å². The number of anilines is 1. The van der Waals surface area contributed by atoms with E-state index in [4.69, 9.17) is 4.42 Å². The molecule has 1 atom stereocenters. The van der Waals surface area contributed by atoms with Crippen molar-refractivity contribution in [3.05, 3.63) is 89.9 Å². The highest BCUT2D eigenvalue weighted by molar-refractivity contribution is 6.40. The van der Waals surface area contributed by atoms with Gasteiger partial charge >= 0.3 is 11.8 Å². The van der Waals surface area contributed by atoms with Crippen LogP contribution in [0.25, 0.3) is 0 Å². The third kappa shape index (κ3) is 4.28. The molecule has 0 radical (unpaired) electrons. The van der Waals surface area contributed by atoms with Gasteiger partial charge in [-0.05, 0) is 41.8 Å². The lowest BCUT2D eigenvalue weighted by atomic mass is 9.98. The van der Waals surface area contributed by atoms with Crippen LogP contribution in [0.5, 0.6) is 0 Å². The number of nitrogens with one attached hydrogen (secondary N) is 1. The first-order valence-electron chi connectivity index (χ1n) is 10.1. The van der Waals surface area contributed by atoms with Gasteiger partial charge in [0.2, 0.25) is 0 Å².